The van der Waals surface area contributed by atoms with Crippen LogP contribution in [0.4, 0.5) is 0 Å². The van der Waals surface area contributed by atoms with Crippen LogP contribution in [-0.4, -0.2) is 44.9 Å². The van der Waals surface area contributed by atoms with Gasteiger partial charge in [-0.05, 0) is 19.8 Å². The van der Waals surface area contributed by atoms with Crippen molar-refractivity contribution in [3.63, 3.8) is 0 Å². The molecule has 0 aliphatic heterocycles. The van der Waals surface area contributed by atoms with Crippen LogP contribution in [0.25, 0.3) is 0 Å². The Bertz CT molecular complexity index is 377. The van der Waals surface area contributed by atoms with Crippen LogP contribution in [0.2, 0.25) is 0 Å². The molecule has 0 fully saturated rings. The first-order chi connectivity index (χ1) is 12.8. The topological polar surface area (TPSA) is 58.6 Å². The zero-order valence-electron chi connectivity index (χ0n) is 18.5. The Hall–Kier alpha value is 0.0700. The quantitative estimate of drug-likeness (QED) is 0.148. The van der Waals surface area contributed by atoms with Gasteiger partial charge in [0, 0.05) is 0 Å². The summed E-state index contributed by atoms with van der Waals surface area (Å²) in [5, 5.41) is 0. The van der Waals surface area contributed by atoms with Gasteiger partial charge in [0.25, 0.3) is 7.82 Å². The van der Waals surface area contributed by atoms with Crippen molar-refractivity contribution in [3.05, 3.63) is 0 Å². The molecule has 1 unspecified atom stereocenters. The molecule has 27 heavy (non-hydrogen) atoms. The third kappa shape index (κ3) is 19.2. The molecule has 0 radical (unpaired) electrons. The lowest BCUT2D eigenvalue weighted by Crippen LogP contribution is -2.43. The molecule has 0 N–H and O–H groups in total. The van der Waals surface area contributed by atoms with Gasteiger partial charge >= 0.3 is 0 Å². The molecule has 0 rings (SSSR count). The van der Waals surface area contributed by atoms with E-state index >= 15 is 0 Å². The van der Waals surface area contributed by atoms with Gasteiger partial charge in [-0.2, -0.15) is 0 Å². The van der Waals surface area contributed by atoms with Crippen LogP contribution in [-0.2, 0) is 13.6 Å². The molecular formula is C21H46NO4P. The number of phosphoric acid groups is 1. The molecule has 0 spiro atoms. The second-order valence-electron chi connectivity index (χ2n) is 8.32. The SMILES string of the molecule is CCCCCCCCCCCCCCC[N+](C)(C)CCOP(=O)([O-])OCC. The number of quaternary nitrogens is 1. The van der Waals surface area contributed by atoms with Crippen molar-refractivity contribution in [2.24, 2.45) is 0 Å². The number of likely N-dealkylation sites (N-methyl/N-ethyl adjacent to an activating group) is 1. The molecule has 164 valence electrons. The minimum atomic E-state index is -4.10. The van der Waals surface area contributed by atoms with Gasteiger partial charge < -0.3 is 18.4 Å². The van der Waals surface area contributed by atoms with Gasteiger partial charge in [0.05, 0.1) is 27.2 Å². The Balaban J connectivity index is 3.46. The third-order valence-corrected chi connectivity index (χ3v) is 6.17. The largest absolute Gasteiger partial charge is 0.756 e. The molecule has 0 aromatic carbocycles. The van der Waals surface area contributed by atoms with E-state index in [4.69, 9.17) is 4.52 Å². The van der Waals surface area contributed by atoms with Crippen molar-refractivity contribution in [2.75, 3.05) is 40.4 Å². The van der Waals surface area contributed by atoms with Crippen LogP contribution in [0.5, 0.6) is 0 Å². The van der Waals surface area contributed by atoms with Crippen LogP contribution < -0.4 is 4.89 Å². The van der Waals surface area contributed by atoms with E-state index in [9.17, 15) is 9.46 Å². The fourth-order valence-electron chi connectivity index (χ4n) is 3.26. The van der Waals surface area contributed by atoms with E-state index < -0.39 is 7.82 Å². The predicted octanol–water partition coefficient (Wildman–Crippen LogP) is 5.68. The minimum Gasteiger partial charge on any atom is -0.756 e. The zero-order chi connectivity index (χ0) is 20.4. The summed E-state index contributed by atoms with van der Waals surface area (Å²) >= 11 is 0. The highest BCUT2D eigenvalue weighted by molar-refractivity contribution is 7.45. The molecule has 0 heterocycles. The molecule has 0 saturated carbocycles. The van der Waals surface area contributed by atoms with Crippen molar-refractivity contribution in [2.45, 2.75) is 97.3 Å². The molecule has 6 heteroatoms. The summed E-state index contributed by atoms with van der Waals surface area (Å²) in [6.07, 6.45) is 17.7. The fourth-order valence-corrected chi connectivity index (χ4v) is 3.96. The smallest absolute Gasteiger partial charge is 0.268 e. The number of hydrogen-bond acceptors (Lipinski definition) is 4. The molecule has 0 aliphatic carbocycles. The number of phosphoric ester groups is 1. The lowest BCUT2D eigenvalue weighted by atomic mass is 10.0. The minimum absolute atomic E-state index is 0.123. The van der Waals surface area contributed by atoms with E-state index in [0.717, 1.165) is 11.0 Å². The second kappa shape index (κ2) is 17.0. The van der Waals surface area contributed by atoms with E-state index in [1.165, 1.54) is 83.5 Å². The van der Waals surface area contributed by atoms with Gasteiger partial charge in [0.15, 0.2) is 0 Å². The highest BCUT2D eigenvalue weighted by atomic mass is 31.2. The highest BCUT2D eigenvalue weighted by Crippen LogP contribution is 2.37. The summed E-state index contributed by atoms with van der Waals surface area (Å²) in [6, 6.07) is 0. The highest BCUT2D eigenvalue weighted by Gasteiger charge is 2.16. The normalized spacial score (nSPS) is 14.4. The summed E-state index contributed by atoms with van der Waals surface area (Å²) in [5.41, 5.74) is 0. The molecular weight excluding hydrogens is 361 g/mol. The van der Waals surface area contributed by atoms with Crippen LogP contribution >= 0.6 is 7.82 Å². The van der Waals surface area contributed by atoms with Crippen molar-refractivity contribution in [1.82, 2.24) is 0 Å². The van der Waals surface area contributed by atoms with Gasteiger partial charge in [0.2, 0.25) is 0 Å². The van der Waals surface area contributed by atoms with E-state index in [0.29, 0.717) is 6.54 Å². The molecule has 0 aromatic rings. The van der Waals surface area contributed by atoms with Gasteiger partial charge in [-0.25, -0.2) is 0 Å². The zero-order valence-corrected chi connectivity index (χ0v) is 19.4. The maximum atomic E-state index is 11.4. The summed E-state index contributed by atoms with van der Waals surface area (Å²) in [4.78, 5) is 11.4. The van der Waals surface area contributed by atoms with Crippen molar-refractivity contribution in [3.8, 4) is 0 Å². The standard InChI is InChI=1S/C21H46NO4P/c1-5-7-8-9-10-11-12-13-14-15-16-17-18-19-22(3,4)20-21-26-27(23,24)25-6-2/h5-21H2,1-4H3. The van der Waals surface area contributed by atoms with Crippen molar-refractivity contribution >= 4 is 7.82 Å². The van der Waals surface area contributed by atoms with Crippen LogP contribution in [0.1, 0.15) is 97.3 Å². The Kier molecular flexibility index (Phi) is 17.0. The molecule has 0 aromatic heterocycles. The van der Waals surface area contributed by atoms with E-state index in [1.54, 1.807) is 6.92 Å². The number of nitrogens with zero attached hydrogens (tertiary/aromatic N) is 1. The first kappa shape index (κ1) is 27.1. The maximum absolute atomic E-state index is 11.4. The molecule has 0 saturated heterocycles. The van der Waals surface area contributed by atoms with Crippen LogP contribution in [0.3, 0.4) is 0 Å². The van der Waals surface area contributed by atoms with Crippen molar-refractivity contribution in [1.29, 1.82) is 0 Å². The average molecular weight is 408 g/mol. The fraction of sp³-hybridized carbons (Fsp3) is 1.00. The first-order valence-electron chi connectivity index (χ1n) is 11.2. The Morgan fingerprint density at radius 2 is 1.15 bits per heavy atom. The van der Waals surface area contributed by atoms with E-state index in [-0.39, 0.29) is 13.2 Å². The van der Waals surface area contributed by atoms with E-state index in [1.807, 2.05) is 0 Å². The third-order valence-electron chi connectivity index (χ3n) is 5.10. The number of hydrogen-bond donors (Lipinski definition) is 0. The second-order valence-corrected chi connectivity index (χ2v) is 9.73. The summed E-state index contributed by atoms with van der Waals surface area (Å²) in [7, 11) is 0.152. The Morgan fingerprint density at radius 3 is 1.59 bits per heavy atom. The molecule has 0 aliphatic rings. The van der Waals surface area contributed by atoms with Gasteiger partial charge in [0.1, 0.15) is 13.2 Å². The molecule has 0 amide bonds. The van der Waals surface area contributed by atoms with Gasteiger partial charge in [-0.1, -0.05) is 77.6 Å². The summed E-state index contributed by atoms with van der Waals surface area (Å²) in [6.45, 7) is 5.95. The van der Waals surface area contributed by atoms with Gasteiger partial charge in [-0.3, -0.25) is 4.57 Å². The monoisotopic (exact) mass is 407 g/mol. The molecule has 0 bridgehead atoms. The Labute approximate surface area is 169 Å². The van der Waals surface area contributed by atoms with Crippen molar-refractivity contribution < 1.29 is 23.0 Å². The van der Waals surface area contributed by atoms with Crippen LogP contribution in [0.15, 0.2) is 0 Å². The number of rotatable bonds is 20. The average Bonchev–Trinajstić information content (AvgIpc) is 2.58. The Morgan fingerprint density at radius 1 is 0.704 bits per heavy atom. The maximum Gasteiger partial charge on any atom is 0.268 e. The molecule has 5 nitrogen and oxygen atoms in total. The number of unbranched alkanes of at least 4 members (excludes halogenated alkanes) is 12. The van der Waals surface area contributed by atoms with Gasteiger partial charge in [-0.15, -0.1) is 0 Å². The molecule has 1 atom stereocenters. The van der Waals surface area contributed by atoms with E-state index in [2.05, 4.69) is 25.5 Å². The predicted molar refractivity (Wildman–Crippen MR) is 113 cm³/mol. The lowest BCUT2D eigenvalue weighted by molar-refractivity contribution is -0.890. The first-order valence-corrected chi connectivity index (χ1v) is 12.7. The summed E-state index contributed by atoms with van der Waals surface area (Å²) < 4.78 is 21.6. The lowest BCUT2D eigenvalue weighted by Gasteiger charge is -2.31. The van der Waals surface area contributed by atoms with Crippen LogP contribution in [0, 0.1) is 0 Å². The summed E-state index contributed by atoms with van der Waals surface area (Å²) in [5.74, 6) is 0.